The van der Waals surface area contributed by atoms with E-state index in [1.807, 2.05) is 33.6 Å². The van der Waals surface area contributed by atoms with Crippen LogP contribution in [0.2, 0.25) is 0 Å². The maximum atomic E-state index is 13.5. The molecule has 0 aliphatic carbocycles. The Kier molecular flexibility index (Phi) is 6.48. The van der Waals surface area contributed by atoms with Crippen LogP contribution in [-0.2, 0) is 6.54 Å². The number of benzene rings is 2. The van der Waals surface area contributed by atoms with Crippen molar-refractivity contribution < 1.29 is 9.18 Å². The average molecular weight is 464 g/mol. The number of anilines is 1. The van der Waals surface area contributed by atoms with E-state index in [1.54, 1.807) is 18.3 Å². The Bertz CT molecular complexity index is 1080. The molecule has 0 bridgehead atoms. The summed E-state index contributed by atoms with van der Waals surface area (Å²) in [5.74, 6) is -0.337. The zero-order valence-electron chi connectivity index (χ0n) is 18.2. The minimum atomic E-state index is -0.294. The molecular formula is C25H26FN5OS. The van der Waals surface area contributed by atoms with E-state index in [0.29, 0.717) is 5.01 Å². The molecule has 1 amide bonds. The van der Waals surface area contributed by atoms with E-state index in [-0.39, 0.29) is 23.9 Å². The van der Waals surface area contributed by atoms with Gasteiger partial charge in [0.25, 0.3) is 5.91 Å². The number of piperidine rings is 1. The molecule has 8 heteroatoms. The molecule has 3 heterocycles. The molecule has 170 valence electrons. The summed E-state index contributed by atoms with van der Waals surface area (Å²) in [4.78, 5) is 22.1. The second-order valence-electron chi connectivity index (χ2n) is 8.30. The van der Waals surface area contributed by atoms with Gasteiger partial charge in [-0.3, -0.25) is 14.7 Å². The molecule has 1 N–H and O–H groups in total. The first-order chi connectivity index (χ1) is 16.2. The highest BCUT2D eigenvalue weighted by molar-refractivity contribution is 7.11. The summed E-state index contributed by atoms with van der Waals surface area (Å²) in [7, 11) is 0. The average Bonchev–Trinajstić information content (AvgIpc) is 3.55. The van der Waals surface area contributed by atoms with Crippen LogP contribution in [0, 0.1) is 5.82 Å². The van der Waals surface area contributed by atoms with Crippen LogP contribution in [0.25, 0.3) is 0 Å². The van der Waals surface area contributed by atoms with E-state index >= 15 is 0 Å². The summed E-state index contributed by atoms with van der Waals surface area (Å²) < 4.78 is 13.3. The summed E-state index contributed by atoms with van der Waals surface area (Å²) in [6, 6.07) is 16.9. The molecule has 33 heavy (non-hydrogen) atoms. The normalized spacial score (nSPS) is 19.2. The highest BCUT2D eigenvalue weighted by Crippen LogP contribution is 2.26. The number of carbonyl (C=O) groups is 1. The molecule has 2 aliphatic heterocycles. The van der Waals surface area contributed by atoms with Crippen LogP contribution in [0.5, 0.6) is 0 Å². The molecule has 2 aromatic carbocycles. The van der Waals surface area contributed by atoms with Crippen molar-refractivity contribution in [2.45, 2.75) is 31.6 Å². The zero-order chi connectivity index (χ0) is 22.6. The molecule has 6 nitrogen and oxygen atoms in total. The number of amides is 1. The van der Waals surface area contributed by atoms with Gasteiger partial charge in [0, 0.05) is 43.5 Å². The third-order valence-corrected chi connectivity index (χ3v) is 6.90. The largest absolute Gasteiger partial charge is 0.313 e. The lowest BCUT2D eigenvalue weighted by atomic mass is 10.0. The molecule has 1 atom stereocenters. The van der Waals surface area contributed by atoms with Crippen LogP contribution < -0.4 is 10.4 Å². The van der Waals surface area contributed by atoms with Crippen molar-refractivity contribution in [2.75, 3.05) is 18.1 Å². The third-order valence-electron chi connectivity index (χ3n) is 6.14. The number of hydrogen-bond acceptors (Lipinski definition) is 6. The van der Waals surface area contributed by atoms with Crippen molar-refractivity contribution in [1.29, 1.82) is 0 Å². The number of aromatic nitrogens is 1. The van der Waals surface area contributed by atoms with Gasteiger partial charge < -0.3 is 4.90 Å². The highest BCUT2D eigenvalue weighted by Gasteiger charge is 2.36. The second kappa shape index (κ2) is 9.82. The Balaban J connectivity index is 1.29. The first kappa shape index (κ1) is 21.8. The summed E-state index contributed by atoms with van der Waals surface area (Å²) in [5.41, 5.74) is 5.51. The van der Waals surface area contributed by atoms with Crippen molar-refractivity contribution in [3.8, 4) is 0 Å². The van der Waals surface area contributed by atoms with Gasteiger partial charge in [-0.25, -0.2) is 14.8 Å². The second-order valence-corrected chi connectivity index (χ2v) is 9.20. The molecule has 0 saturated carbocycles. The molecule has 1 aromatic heterocycles. The number of likely N-dealkylation sites (tertiary alicyclic amines) is 1. The lowest BCUT2D eigenvalue weighted by Crippen LogP contribution is -2.56. The molecule has 5 rings (SSSR count). The summed E-state index contributed by atoms with van der Waals surface area (Å²) in [6.45, 7) is 2.78. The zero-order valence-corrected chi connectivity index (χ0v) is 19.0. The molecule has 3 aromatic rings. The minimum absolute atomic E-state index is 0.0605. The van der Waals surface area contributed by atoms with Crippen LogP contribution in [0.4, 0.5) is 10.1 Å². The highest BCUT2D eigenvalue weighted by atomic mass is 32.1. The topological polar surface area (TPSA) is 51.7 Å². The number of hydrogen-bond donors (Lipinski definition) is 1. The molecule has 0 radical (unpaired) electrons. The molecule has 1 saturated heterocycles. The molecule has 0 spiro atoms. The van der Waals surface area contributed by atoms with Gasteiger partial charge in [-0.15, -0.1) is 11.3 Å². The summed E-state index contributed by atoms with van der Waals surface area (Å²) in [6.07, 6.45) is 7.04. The summed E-state index contributed by atoms with van der Waals surface area (Å²) in [5, 5.41) is 4.16. The quantitative estimate of drug-likeness (QED) is 0.592. The van der Waals surface area contributed by atoms with E-state index in [4.69, 9.17) is 0 Å². The number of halogens is 1. The lowest BCUT2D eigenvalue weighted by Gasteiger charge is -2.41. The Hall–Kier alpha value is -3.07. The van der Waals surface area contributed by atoms with Crippen molar-refractivity contribution in [3.05, 3.63) is 94.8 Å². The van der Waals surface area contributed by atoms with E-state index in [2.05, 4.69) is 39.6 Å². The standard InChI is InChI=1S/C25H26FN5OS/c26-20-6-8-21(9-7-20)30-16-12-23(28-30)31(25(32)24-27-13-17-33-24)22-10-14-29(15-11-22)18-19-4-2-1-3-5-19/h1-9,12-13,16-17,22-23,28H,10-11,14-15,18H2. The van der Waals surface area contributed by atoms with Gasteiger partial charge in [0.05, 0.1) is 5.69 Å². The Morgan fingerprint density at radius 1 is 1.12 bits per heavy atom. The van der Waals surface area contributed by atoms with Gasteiger partial charge in [0.1, 0.15) is 12.0 Å². The third kappa shape index (κ3) is 4.98. The van der Waals surface area contributed by atoms with Crippen LogP contribution in [-0.4, -0.2) is 46.0 Å². The fraction of sp³-hybridized carbons (Fsp3) is 0.280. The molecule has 1 fully saturated rings. The first-order valence-corrected chi connectivity index (χ1v) is 12.0. The smallest absolute Gasteiger partial charge is 0.284 e. The van der Waals surface area contributed by atoms with Crippen LogP contribution in [0.3, 0.4) is 0 Å². The predicted octanol–water partition coefficient (Wildman–Crippen LogP) is 4.25. The molecule has 2 aliphatic rings. The maximum absolute atomic E-state index is 13.5. The van der Waals surface area contributed by atoms with E-state index < -0.39 is 0 Å². The fourth-order valence-electron chi connectivity index (χ4n) is 4.47. The number of nitrogens with one attached hydrogen (secondary N) is 1. The number of rotatable bonds is 6. The van der Waals surface area contributed by atoms with Crippen LogP contribution in [0.1, 0.15) is 28.2 Å². The van der Waals surface area contributed by atoms with Gasteiger partial charge in [-0.2, -0.15) is 0 Å². The van der Waals surface area contributed by atoms with Gasteiger partial charge in [-0.1, -0.05) is 30.3 Å². The van der Waals surface area contributed by atoms with E-state index in [0.717, 1.165) is 38.2 Å². The van der Waals surface area contributed by atoms with Gasteiger partial charge in [-0.05, 0) is 48.7 Å². The van der Waals surface area contributed by atoms with Crippen molar-refractivity contribution in [2.24, 2.45) is 0 Å². The van der Waals surface area contributed by atoms with Gasteiger partial charge in [0.15, 0.2) is 5.01 Å². The van der Waals surface area contributed by atoms with Gasteiger partial charge >= 0.3 is 0 Å². The number of carbonyl (C=O) groups excluding carboxylic acids is 1. The molecule has 1 unspecified atom stereocenters. The van der Waals surface area contributed by atoms with E-state index in [9.17, 15) is 9.18 Å². The Morgan fingerprint density at radius 3 is 2.58 bits per heavy atom. The van der Waals surface area contributed by atoms with Gasteiger partial charge in [0.2, 0.25) is 0 Å². The fourth-order valence-corrected chi connectivity index (χ4v) is 5.05. The number of hydrazine groups is 1. The van der Waals surface area contributed by atoms with Crippen molar-refractivity contribution in [3.63, 3.8) is 0 Å². The van der Waals surface area contributed by atoms with Crippen LogP contribution in [0.15, 0.2) is 78.5 Å². The Morgan fingerprint density at radius 2 is 1.88 bits per heavy atom. The van der Waals surface area contributed by atoms with Crippen molar-refractivity contribution in [1.82, 2.24) is 20.2 Å². The number of thiazole rings is 1. The minimum Gasteiger partial charge on any atom is -0.313 e. The maximum Gasteiger partial charge on any atom is 0.284 e. The first-order valence-electron chi connectivity index (χ1n) is 11.1. The van der Waals surface area contributed by atoms with E-state index in [1.165, 1.54) is 29.0 Å². The summed E-state index contributed by atoms with van der Waals surface area (Å²) >= 11 is 1.36. The SMILES string of the molecule is O=C(c1nccs1)N(C1CCN(Cc2ccccc2)CC1)C1C=CN(c2ccc(F)cc2)N1. The monoisotopic (exact) mass is 463 g/mol. The lowest BCUT2D eigenvalue weighted by molar-refractivity contribution is 0.0458. The van der Waals surface area contributed by atoms with Crippen LogP contribution >= 0.6 is 11.3 Å². The Labute approximate surface area is 196 Å². The molecular weight excluding hydrogens is 437 g/mol. The predicted molar refractivity (Wildman–Crippen MR) is 128 cm³/mol. The van der Waals surface area contributed by atoms with Crippen molar-refractivity contribution >= 4 is 22.9 Å². The number of nitrogens with zero attached hydrogens (tertiary/aromatic N) is 4.